The van der Waals surface area contributed by atoms with E-state index in [1.807, 2.05) is 6.92 Å². The van der Waals surface area contributed by atoms with Crippen molar-refractivity contribution in [3.05, 3.63) is 17.7 Å². The second-order valence-corrected chi connectivity index (χ2v) is 4.66. The molecular formula is C11H16FN3O. The molecule has 0 bridgehead atoms. The Kier molecular flexibility index (Phi) is 2.44. The van der Waals surface area contributed by atoms with Crippen molar-refractivity contribution in [1.82, 2.24) is 15.1 Å². The molecule has 2 unspecified atom stereocenters. The third-order valence-electron chi connectivity index (χ3n) is 3.16. The molecule has 1 N–H and O–H groups in total. The minimum atomic E-state index is -0.219. The van der Waals surface area contributed by atoms with Crippen molar-refractivity contribution in [3.8, 4) is 0 Å². The number of aromatic nitrogens is 2. The number of hydrogen-bond acceptors (Lipinski definition) is 3. The Bertz CT molecular complexity index is 389. The Balaban J connectivity index is 1.82. The predicted molar refractivity (Wildman–Crippen MR) is 56.6 cm³/mol. The third-order valence-corrected chi connectivity index (χ3v) is 3.16. The standard InChI is InChI=1S/C11H16FN3O/c1-7-4-13-6-10(16-7)9-5-14-15(11(9)12)8-2-3-8/h5,7-8,10,13H,2-4,6H2,1H3. The quantitative estimate of drug-likeness (QED) is 0.827. The van der Waals surface area contributed by atoms with Gasteiger partial charge in [0, 0.05) is 13.1 Å². The zero-order chi connectivity index (χ0) is 11.1. The molecule has 1 saturated heterocycles. The number of morpholine rings is 1. The maximum Gasteiger partial charge on any atom is 0.217 e. The molecule has 5 heteroatoms. The van der Waals surface area contributed by atoms with Crippen LogP contribution in [0.3, 0.4) is 0 Å². The summed E-state index contributed by atoms with van der Waals surface area (Å²) in [4.78, 5) is 0. The van der Waals surface area contributed by atoms with Crippen molar-refractivity contribution >= 4 is 0 Å². The summed E-state index contributed by atoms with van der Waals surface area (Å²) in [5, 5.41) is 7.35. The molecule has 1 aliphatic carbocycles. The van der Waals surface area contributed by atoms with Gasteiger partial charge in [0.05, 0.1) is 23.9 Å². The fourth-order valence-corrected chi connectivity index (χ4v) is 2.13. The highest BCUT2D eigenvalue weighted by atomic mass is 19.1. The molecule has 0 spiro atoms. The Morgan fingerprint density at radius 2 is 2.31 bits per heavy atom. The Labute approximate surface area is 93.8 Å². The van der Waals surface area contributed by atoms with Gasteiger partial charge in [0.15, 0.2) is 0 Å². The molecule has 0 aromatic carbocycles. The fraction of sp³-hybridized carbons (Fsp3) is 0.727. The van der Waals surface area contributed by atoms with Gasteiger partial charge in [-0.25, -0.2) is 4.68 Å². The van der Waals surface area contributed by atoms with Crippen LogP contribution in [-0.2, 0) is 4.74 Å². The minimum Gasteiger partial charge on any atom is -0.368 e. The lowest BCUT2D eigenvalue weighted by Crippen LogP contribution is -2.39. The van der Waals surface area contributed by atoms with Gasteiger partial charge >= 0.3 is 0 Å². The van der Waals surface area contributed by atoms with Gasteiger partial charge in [-0.1, -0.05) is 0 Å². The lowest BCUT2D eigenvalue weighted by atomic mass is 10.1. The lowest BCUT2D eigenvalue weighted by Gasteiger charge is -2.28. The number of rotatable bonds is 2. The molecular weight excluding hydrogens is 209 g/mol. The molecule has 1 aromatic heterocycles. The van der Waals surface area contributed by atoms with Gasteiger partial charge < -0.3 is 10.1 Å². The highest BCUT2D eigenvalue weighted by Gasteiger charge is 2.31. The van der Waals surface area contributed by atoms with Crippen molar-refractivity contribution in [3.63, 3.8) is 0 Å². The van der Waals surface area contributed by atoms with E-state index in [1.54, 1.807) is 6.20 Å². The average molecular weight is 225 g/mol. The van der Waals surface area contributed by atoms with Crippen LogP contribution in [0.1, 0.15) is 37.5 Å². The zero-order valence-electron chi connectivity index (χ0n) is 9.32. The summed E-state index contributed by atoms with van der Waals surface area (Å²) in [6.07, 6.45) is 3.62. The summed E-state index contributed by atoms with van der Waals surface area (Å²) in [6, 6.07) is 0.280. The average Bonchev–Trinajstić information content (AvgIpc) is 3.03. The molecule has 4 nitrogen and oxygen atoms in total. The van der Waals surface area contributed by atoms with Gasteiger partial charge in [0.25, 0.3) is 0 Å². The van der Waals surface area contributed by atoms with Crippen LogP contribution < -0.4 is 5.32 Å². The maximum atomic E-state index is 14.0. The molecule has 0 radical (unpaired) electrons. The van der Waals surface area contributed by atoms with Gasteiger partial charge in [-0.2, -0.15) is 9.49 Å². The largest absolute Gasteiger partial charge is 0.368 e. The van der Waals surface area contributed by atoms with Crippen molar-refractivity contribution < 1.29 is 9.13 Å². The Hall–Kier alpha value is -0.940. The minimum absolute atomic E-state index is 0.127. The Morgan fingerprint density at radius 3 is 3.00 bits per heavy atom. The van der Waals surface area contributed by atoms with Gasteiger partial charge in [-0.05, 0) is 19.8 Å². The van der Waals surface area contributed by atoms with Crippen LogP contribution in [0.5, 0.6) is 0 Å². The van der Waals surface area contributed by atoms with Crippen LogP contribution in [0.4, 0.5) is 4.39 Å². The number of hydrogen-bond donors (Lipinski definition) is 1. The van der Waals surface area contributed by atoms with E-state index in [4.69, 9.17) is 4.74 Å². The van der Waals surface area contributed by atoms with E-state index >= 15 is 0 Å². The fourth-order valence-electron chi connectivity index (χ4n) is 2.13. The number of ether oxygens (including phenoxy) is 1. The number of nitrogens with one attached hydrogen (secondary N) is 1. The van der Waals surface area contributed by atoms with E-state index in [0.717, 1.165) is 19.4 Å². The molecule has 1 aliphatic heterocycles. The molecule has 16 heavy (non-hydrogen) atoms. The molecule has 1 aromatic rings. The predicted octanol–water partition coefficient (Wildman–Crippen LogP) is 1.41. The van der Waals surface area contributed by atoms with E-state index in [1.165, 1.54) is 4.68 Å². The Morgan fingerprint density at radius 1 is 1.50 bits per heavy atom. The van der Waals surface area contributed by atoms with Gasteiger partial charge in [-0.3, -0.25) is 0 Å². The zero-order valence-corrected chi connectivity index (χ0v) is 9.32. The molecule has 2 heterocycles. The molecule has 0 amide bonds. The van der Waals surface area contributed by atoms with E-state index in [2.05, 4.69) is 10.4 Å². The van der Waals surface area contributed by atoms with Gasteiger partial charge in [0.1, 0.15) is 6.10 Å². The van der Waals surface area contributed by atoms with Crippen molar-refractivity contribution in [2.45, 2.75) is 38.0 Å². The van der Waals surface area contributed by atoms with Gasteiger partial charge in [-0.15, -0.1) is 0 Å². The highest BCUT2D eigenvalue weighted by Crippen LogP contribution is 2.36. The van der Waals surface area contributed by atoms with Crippen LogP contribution >= 0.6 is 0 Å². The molecule has 1 saturated carbocycles. The molecule has 2 fully saturated rings. The first-order valence-corrected chi connectivity index (χ1v) is 5.85. The first-order chi connectivity index (χ1) is 7.75. The van der Waals surface area contributed by atoms with E-state index < -0.39 is 0 Å². The molecule has 2 atom stereocenters. The summed E-state index contributed by atoms with van der Waals surface area (Å²) in [6.45, 7) is 3.48. The number of halogens is 1. The summed E-state index contributed by atoms with van der Waals surface area (Å²) in [5.74, 6) is -0.219. The first kappa shape index (κ1) is 10.2. The number of nitrogens with zero attached hydrogens (tertiary/aromatic N) is 2. The summed E-state index contributed by atoms with van der Waals surface area (Å²) < 4.78 is 21.2. The van der Waals surface area contributed by atoms with Crippen LogP contribution in [-0.4, -0.2) is 29.0 Å². The van der Waals surface area contributed by atoms with Crippen LogP contribution in [0.15, 0.2) is 6.20 Å². The van der Waals surface area contributed by atoms with Crippen molar-refractivity contribution in [2.24, 2.45) is 0 Å². The van der Waals surface area contributed by atoms with Gasteiger partial charge in [0.2, 0.25) is 5.95 Å². The maximum absolute atomic E-state index is 14.0. The SMILES string of the molecule is CC1CNCC(c2cnn(C3CC3)c2F)O1. The molecule has 88 valence electrons. The molecule has 2 aliphatic rings. The van der Waals surface area contributed by atoms with Crippen molar-refractivity contribution in [2.75, 3.05) is 13.1 Å². The van der Waals surface area contributed by atoms with Crippen LogP contribution in [0.2, 0.25) is 0 Å². The molecule has 3 rings (SSSR count). The van der Waals surface area contributed by atoms with Crippen LogP contribution in [0.25, 0.3) is 0 Å². The topological polar surface area (TPSA) is 39.1 Å². The first-order valence-electron chi connectivity index (χ1n) is 5.85. The van der Waals surface area contributed by atoms with Crippen LogP contribution in [0, 0.1) is 5.95 Å². The van der Waals surface area contributed by atoms with E-state index in [-0.39, 0.29) is 24.2 Å². The second kappa shape index (κ2) is 3.82. The van der Waals surface area contributed by atoms with E-state index in [0.29, 0.717) is 12.1 Å². The summed E-state index contributed by atoms with van der Waals surface area (Å²) in [7, 11) is 0. The summed E-state index contributed by atoms with van der Waals surface area (Å²) in [5.41, 5.74) is 0.589. The third kappa shape index (κ3) is 1.74. The van der Waals surface area contributed by atoms with E-state index in [9.17, 15) is 4.39 Å². The second-order valence-electron chi connectivity index (χ2n) is 4.66. The highest BCUT2D eigenvalue weighted by molar-refractivity contribution is 5.13. The monoisotopic (exact) mass is 225 g/mol. The van der Waals surface area contributed by atoms with Crippen molar-refractivity contribution in [1.29, 1.82) is 0 Å². The lowest BCUT2D eigenvalue weighted by molar-refractivity contribution is -0.0305. The smallest absolute Gasteiger partial charge is 0.217 e. The normalized spacial score (nSPS) is 30.6. The summed E-state index contributed by atoms with van der Waals surface area (Å²) >= 11 is 0.